The van der Waals surface area contributed by atoms with Crippen molar-refractivity contribution in [3.05, 3.63) is 29.3 Å². The molecule has 0 aliphatic carbocycles. The minimum absolute atomic E-state index is 0.557. The maximum atomic E-state index is 11.6. The van der Waals surface area contributed by atoms with Crippen LogP contribution in [0, 0.1) is 0 Å². The van der Waals surface area contributed by atoms with Gasteiger partial charge in [0.25, 0.3) is 0 Å². The molecule has 0 bridgehead atoms. The summed E-state index contributed by atoms with van der Waals surface area (Å²) in [6.07, 6.45) is -3.45. The fourth-order valence-electron chi connectivity index (χ4n) is 2.71. The first-order valence-corrected chi connectivity index (χ1v) is 9.52. The average molecular weight is 417 g/mol. The number of carbonyl (C=O) groups excluding carboxylic acids is 3. The van der Waals surface area contributed by atoms with Crippen LogP contribution in [0.1, 0.15) is 27.7 Å². The first-order chi connectivity index (χ1) is 12.7. The van der Waals surface area contributed by atoms with Gasteiger partial charge in [0, 0.05) is 30.7 Å². The third kappa shape index (κ3) is 6.12. The minimum Gasteiger partial charge on any atom is -0.456 e. The van der Waals surface area contributed by atoms with Gasteiger partial charge in [-0.15, -0.1) is 0 Å². The van der Waals surface area contributed by atoms with Crippen LogP contribution in [0.5, 0.6) is 0 Å². The lowest BCUT2D eigenvalue weighted by molar-refractivity contribution is -0.229. The van der Waals surface area contributed by atoms with Crippen LogP contribution in [-0.4, -0.2) is 47.8 Å². The smallest absolute Gasteiger partial charge is 0.303 e. The highest BCUT2D eigenvalue weighted by molar-refractivity contribution is 7.99. The maximum absolute atomic E-state index is 11.6. The molecule has 0 N–H and O–H groups in total. The molecule has 1 fully saturated rings. The van der Waals surface area contributed by atoms with Crippen molar-refractivity contribution >= 4 is 41.3 Å². The number of carbonyl (C=O) groups is 3. The zero-order chi connectivity index (χ0) is 20.1. The molecule has 9 heteroatoms. The van der Waals surface area contributed by atoms with Gasteiger partial charge in [0.1, 0.15) is 5.44 Å². The number of rotatable bonds is 5. The Balaban J connectivity index is 2.33. The van der Waals surface area contributed by atoms with Crippen LogP contribution in [0.25, 0.3) is 0 Å². The molecule has 1 aromatic carbocycles. The summed E-state index contributed by atoms with van der Waals surface area (Å²) >= 11 is 7.20. The summed E-state index contributed by atoms with van der Waals surface area (Å²) in [5.41, 5.74) is -0.679. The standard InChI is InChI=1S/C18H21ClO7S/c1-9-15(24-10(2)20)16(25-11(3)21)17(26-12(4)22)18(23-9)27-14-7-5-13(19)6-8-14/h5-9,15-18H,1-4H3/t9-,15+,16+,17-,18+/m1/s1. The molecule has 0 amide bonds. The van der Waals surface area contributed by atoms with E-state index in [1.807, 2.05) is 0 Å². The molecule has 0 saturated carbocycles. The van der Waals surface area contributed by atoms with Crippen LogP contribution in [0.15, 0.2) is 29.2 Å². The van der Waals surface area contributed by atoms with E-state index in [0.29, 0.717) is 5.02 Å². The van der Waals surface area contributed by atoms with E-state index in [9.17, 15) is 14.4 Å². The molecule has 1 heterocycles. The van der Waals surface area contributed by atoms with E-state index in [4.69, 9.17) is 30.5 Å². The third-order valence-electron chi connectivity index (χ3n) is 3.70. The number of halogens is 1. The summed E-state index contributed by atoms with van der Waals surface area (Å²) in [5.74, 6) is -1.71. The van der Waals surface area contributed by atoms with Gasteiger partial charge in [0.15, 0.2) is 18.3 Å². The summed E-state index contributed by atoms with van der Waals surface area (Å²) in [7, 11) is 0. The molecule has 27 heavy (non-hydrogen) atoms. The van der Waals surface area contributed by atoms with Crippen LogP contribution >= 0.6 is 23.4 Å². The fraction of sp³-hybridized carbons (Fsp3) is 0.500. The number of hydrogen-bond donors (Lipinski definition) is 0. The van der Waals surface area contributed by atoms with E-state index < -0.39 is 47.8 Å². The molecule has 7 nitrogen and oxygen atoms in total. The minimum atomic E-state index is -0.996. The van der Waals surface area contributed by atoms with Crippen LogP contribution in [-0.2, 0) is 33.3 Å². The molecule has 1 saturated heterocycles. The van der Waals surface area contributed by atoms with Crippen molar-refractivity contribution in [3.63, 3.8) is 0 Å². The Labute approximate surface area is 166 Å². The lowest BCUT2D eigenvalue weighted by atomic mass is 10.00. The van der Waals surface area contributed by atoms with Crippen molar-refractivity contribution in [2.24, 2.45) is 0 Å². The SMILES string of the molecule is CC(=O)O[C@H]1[C@@H](OC(C)=O)[C@@H](C)O[C@@H](Sc2ccc(Cl)cc2)[C@@H]1OC(C)=O. The van der Waals surface area contributed by atoms with Crippen molar-refractivity contribution in [1.82, 2.24) is 0 Å². The van der Waals surface area contributed by atoms with Gasteiger partial charge < -0.3 is 18.9 Å². The van der Waals surface area contributed by atoms with Gasteiger partial charge in [0.05, 0.1) is 6.10 Å². The first kappa shape index (κ1) is 21.5. The summed E-state index contributed by atoms with van der Waals surface area (Å²) < 4.78 is 22.0. The second-order valence-electron chi connectivity index (χ2n) is 6.00. The Morgan fingerprint density at radius 2 is 1.37 bits per heavy atom. The van der Waals surface area contributed by atoms with Crippen molar-refractivity contribution < 1.29 is 33.3 Å². The highest BCUT2D eigenvalue weighted by atomic mass is 35.5. The summed E-state index contributed by atoms with van der Waals surface area (Å²) in [4.78, 5) is 35.6. The predicted octanol–water partition coefficient (Wildman–Crippen LogP) is 2.97. The van der Waals surface area contributed by atoms with Gasteiger partial charge in [-0.05, 0) is 31.2 Å². The van der Waals surface area contributed by atoms with E-state index in [1.165, 1.54) is 32.5 Å². The highest BCUT2D eigenvalue weighted by Gasteiger charge is 2.50. The average Bonchev–Trinajstić information content (AvgIpc) is 2.55. The van der Waals surface area contributed by atoms with Crippen LogP contribution < -0.4 is 0 Å². The lowest BCUT2D eigenvalue weighted by Gasteiger charge is -2.43. The molecule has 0 spiro atoms. The van der Waals surface area contributed by atoms with Crippen molar-refractivity contribution in [2.45, 2.75) is 62.4 Å². The molecule has 0 aromatic heterocycles. The largest absolute Gasteiger partial charge is 0.456 e. The van der Waals surface area contributed by atoms with E-state index in [2.05, 4.69) is 0 Å². The Bertz CT molecular complexity index is 693. The van der Waals surface area contributed by atoms with Crippen molar-refractivity contribution in [1.29, 1.82) is 0 Å². The van der Waals surface area contributed by atoms with Crippen molar-refractivity contribution in [3.8, 4) is 0 Å². The number of ether oxygens (including phenoxy) is 4. The molecule has 5 atom stereocenters. The van der Waals surface area contributed by atoms with Gasteiger partial charge in [-0.2, -0.15) is 0 Å². The Morgan fingerprint density at radius 3 is 1.89 bits per heavy atom. The molecule has 2 rings (SSSR count). The van der Waals surface area contributed by atoms with Crippen LogP contribution in [0.2, 0.25) is 5.02 Å². The van der Waals surface area contributed by atoms with Crippen LogP contribution in [0.3, 0.4) is 0 Å². The molecule has 1 aliphatic rings. The summed E-state index contributed by atoms with van der Waals surface area (Å²) in [6.45, 7) is 5.42. The number of esters is 3. The van der Waals surface area contributed by atoms with Gasteiger partial charge >= 0.3 is 17.9 Å². The summed E-state index contributed by atoms with van der Waals surface area (Å²) in [5, 5.41) is 0.585. The van der Waals surface area contributed by atoms with Crippen LogP contribution in [0.4, 0.5) is 0 Å². The zero-order valence-electron chi connectivity index (χ0n) is 15.3. The van der Waals surface area contributed by atoms with E-state index in [0.717, 1.165) is 4.90 Å². The number of hydrogen-bond acceptors (Lipinski definition) is 8. The number of benzene rings is 1. The fourth-order valence-corrected chi connectivity index (χ4v) is 3.97. The van der Waals surface area contributed by atoms with E-state index >= 15 is 0 Å². The second kappa shape index (κ2) is 9.43. The van der Waals surface area contributed by atoms with E-state index in [-0.39, 0.29) is 0 Å². The quantitative estimate of drug-likeness (QED) is 0.534. The van der Waals surface area contributed by atoms with Gasteiger partial charge in [-0.3, -0.25) is 14.4 Å². The topological polar surface area (TPSA) is 88.1 Å². The second-order valence-corrected chi connectivity index (χ2v) is 7.61. The van der Waals surface area contributed by atoms with Gasteiger partial charge in [0.2, 0.25) is 0 Å². The first-order valence-electron chi connectivity index (χ1n) is 8.26. The zero-order valence-corrected chi connectivity index (χ0v) is 16.9. The molecule has 148 valence electrons. The summed E-state index contributed by atoms with van der Waals surface area (Å²) in [6, 6.07) is 7.04. The molecule has 1 aliphatic heterocycles. The molecule has 1 aromatic rings. The third-order valence-corrected chi connectivity index (χ3v) is 5.11. The molecule has 0 radical (unpaired) electrons. The maximum Gasteiger partial charge on any atom is 0.303 e. The van der Waals surface area contributed by atoms with Gasteiger partial charge in [-0.1, -0.05) is 23.4 Å². The number of thioether (sulfide) groups is 1. The lowest BCUT2D eigenvalue weighted by Crippen LogP contribution is -2.59. The Morgan fingerprint density at radius 1 is 0.889 bits per heavy atom. The predicted molar refractivity (Wildman–Crippen MR) is 98.3 cm³/mol. The van der Waals surface area contributed by atoms with Crippen molar-refractivity contribution in [2.75, 3.05) is 0 Å². The highest BCUT2D eigenvalue weighted by Crippen LogP contribution is 2.37. The van der Waals surface area contributed by atoms with E-state index in [1.54, 1.807) is 31.2 Å². The van der Waals surface area contributed by atoms with Gasteiger partial charge in [-0.25, -0.2) is 0 Å². The molecular formula is C18H21ClO7S. The molecular weight excluding hydrogens is 396 g/mol. The Kier molecular flexibility index (Phi) is 7.52. The molecule has 0 unspecified atom stereocenters. The normalized spacial score (nSPS) is 27.5. The Hall–Kier alpha value is -1.77. The monoisotopic (exact) mass is 416 g/mol.